The van der Waals surface area contributed by atoms with Crippen molar-refractivity contribution in [2.24, 2.45) is 0 Å². The normalized spacial score (nSPS) is 15.6. The lowest BCUT2D eigenvalue weighted by Crippen LogP contribution is -2.50. The Morgan fingerprint density at radius 3 is 2.50 bits per heavy atom. The highest BCUT2D eigenvalue weighted by Crippen LogP contribution is 2.38. The number of carbonyl (C=O) groups is 1. The fraction of sp³-hybridized carbons (Fsp3) is 0.240. The van der Waals surface area contributed by atoms with Gasteiger partial charge in [0.05, 0.1) is 29.8 Å². The summed E-state index contributed by atoms with van der Waals surface area (Å²) in [6, 6.07) is 15.4. The van der Waals surface area contributed by atoms with Crippen LogP contribution in [-0.2, 0) is 27.5 Å². The van der Waals surface area contributed by atoms with Crippen molar-refractivity contribution in [1.82, 2.24) is 5.32 Å². The largest absolute Gasteiger partial charge is 0.497 e. The van der Waals surface area contributed by atoms with Crippen molar-refractivity contribution in [1.29, 1.82) is 0 Å². The van der Waals surface area contributed by atoms with Crippen LogP contribution in [0.2, 0.25) is 0 Å². The average Bonchev–Trinajstić information content (AvgIpc) is 2.86. The molecule has 0 spiro atoms. The Bertz CT molecular complexity index is 1380. The number of sulfonamides is 1. The maximum Gasteiger partial charge on any atom is 0.416 e. The number of hydrogen-bond acceptors (Lipinski definition) is 5. The minimum atomic E-state index is -4.51. The quantitative estimate of drug-likeness (QED) is 0.524. The number of ether oxygens (including phenoxy) is 2. The Morgan fingerprint density at radius 1 is 1.11 bits per heavy atom. The third-order valence-corrected chi connectivity index (χ3v) is 7.44. The van der Waals surface area contributed by atoms with Gasteiger partial charge in [-0.05, 0) is 66.6 Å². The second kappa shape index (κ2) is 9.73. The summed E-state index contributed by atoms with van der Waals surface area (Å²) in [5.41, 5.74) is 0.490. The minimum absolute atomic E-state index is 0.000722. The summed E-state index contributed by atoms with van der Waals surface area (Å²) in [5.74, 6) is 0.0238. The monoisotopic (exact) mass is 520 g/mol. The molecule has 3 aromatic rings. The fourth-order valence-electron chi connectivity index (χ4n) is 3.76. The van der Waals surface area contributed by atoms with Crippen molar-refractivity contribution in [3.8, 4) is 11.5 Å². The first-order chi connectivity index (χ1) is 17.0. The Hall–Kier alpha value is -3.73. The van der Waals surface area contributed by atoms with Crippen molar-refractivity contribution < 1.29 is 35.9 Å². The van der Waals surface area contributed by atoms with Gasteiger partial charge in [-0.2, -0.15) is 13.2 Å². The van der Waals surface area contributed by atoms with E-state index in [0.29, 0.717) is 5.75 Å². The molecular weight excluding hydrogens is 497 g/mol. The summed E-state index contributed by atoms with van der Waals surface area (Å²) in [7, 11) is -2.61. The van der Waals surface area contributed by atoms with Crippen LogP contribution in [0.5, 0.6) is 11.5 Å². The summed E-state index contributed by atoms with van der Waals surface area (Å²) >= 11 is 0. The van der Waals surface area contributed by atoms with E-state index in [1.165, 1.54) is 43.5 Å². The number of nitrogens with one attached hydrogen (secondary N) is 1. The van der Waals surface area contributed by atoms with Crippen LogP contribution in [0.15, 0.2) is 71.6 Å². The number of halogens is 3. The summed E-state index contributed by atoms with van der Waals surface area (Å²) in [6.45, 7) is 1.29. The van der Waals surface area contributed by atoms with E-state index >= 15 is 0 Å². The highest BCUT2D eigenvalue weighted by molar-refractivity contribution is 7.92. The van der Waals surface area contributed by atoms with Crippen LogP contribution in [-0.4, -0.2) is 34.1 Å². The van der Waals surface area contributed by atoms with E-state index in [-0.39, 0.29) is 35.0 Å². The third-order valence-electron chi connectivity index (χ3n) is 5.64. The van der Waals surface area contributed by atoms with Gasteiger partial charge in [-0.1, -0.05) is 18.2 Å². The van der Waals surface area contributed by atoms with Gasteiger partial charge in [0.25, 0.3) is 15.9 Å². The molecule has 0 fully saturated rings. The Labute approximate surface area is 206 Å². The molecule has 190 valence electrons. The van der Waals surface area contributed by atoms with E-state index in [0.717, 1.165) is 22.0 Å². The van der Waals surface area contributed by atoms with E-state index < -0.39 is 33.8 Å². The summed E-state index contributed by atoms with van der Waals surface area (Å²) in [4.78, 5) is 12.9. The van der Waals surface area contributed by atoms with Crippen LogP contribution in [0.3, 0.4) is 0 Å². The molecule has 0 aromatic heterocycles. The second-order valence-corrected chi connectivity index (χ2v) is 10.1. The molecule has 0 saturated carbocycles. The van der Waals surface area contributed by atoms with Crippen LogP contribution in [0.4, 0.5) is 18.9 Å². The molecular formula is C25H23F3N2O5S. The molecule has 11 heteroatoms. The molecule has 0 unspecified atom stereocenters. The molecule has 4 rings (SSSR count). The second-order valence-electron chi connectivity index (χ2n) is 8.21. The van der Waals surface area contributed by atoms with Crippen molar-refractivity contribution in [3.05, 3.63) is 83.4 Å². The highest BCUT2D eigenvalue weighted by Gasteiger charge is 2.38. The first-order valence-corrected chi connectivity index (χ1v) is 12.3. The lowest BCUT2D eigenvalue weighted by molar-refractivity contribution is -0.137. The molecule has 0 aliphatic carbocycles. The third kappa shape index (κ3) is 5.25. The molecule has 1 N–H and O–H groups in total. The van der Waals surface area contributed by atoms with Crippen molar-refractivity contribution in [2.45, 2.75) is 30.6 Å². The van der Waals surface area contributed by atoms with Gasteiger partial charge in [0.15, 0.2) is 6.10 Å². The van der Waals surface area contributed by atoms with Gasteiger partial charge in [0, 0.05) is 6.54 Å². The Balaban J connectivity index is 1.59. The minimum Gasteiger partial charge on any atom is -0.497 e. The average molecular weight is 521 g/mol. The van der Waals surface area contributed by atoms with E-state index in [1.807, 2.05) is 0 Å². The zero-order valence-corrected chi connectivity index (χ0v) is 20.2. The maximum atomic E-state index is 13.5. The van der Waals surface area contributed by atoms with Crippen molar-refractivity contribution in [2.75, 3.05) is 18.0 Å². The lowest BCUT2D eigenvalue weighted by Gasteiger charge is -2.35. The highest BCUT2D eigenvalue weighted by atomic mass is 32.2. The molecule has 0 saturated heterocycles. The van der Waals surface area contributed by atoms with Gasteiger partial charge in [0.1, 0.15) is 11.5 Å². The fourth-order valence-corrected chi connectivity index (χ4v) is 5.23. The molecule has 1 aliphatic rings. The Kier molecular flexibility index (Phi) is 6.85. The standard InChI is InChI=1S/C25H23F3N2O5S/c1-16-6-11-22-21(12-16)30(36(32,33)20-9-7-19(34-2)8-10-20)15-23(35-22)24(31)29-14-17-4-3-5-18(13-17)25(26,27)28/h3-13,23H,14-15H2,1-2H3,(H,29,31)/t23-/m0/s1. The number of hydrogen-bond donors (Lipinski definition) is 1. The molecule has 1 atom stereocenters. The number of anilines is 1. The van der Waals surface area contributed by atoms with Crippen molar-refractivity contribution in [3.63, 3.8) is 0 Å². The molecule has 1 heterocycles. The van der Waals surface area contributed by atoms with Crippen LogP contribution in [0.25, 0.3) is 0 Å². The predicted octanol–water partition coefficient (Wildman–Crippen LogP) is 4.30. The molecule has 7 nitrogen and oxygen atoms in total. The first kappa shape index (κ1) is 25.4. The van der Waals surface area contributed by atoms with E-state index in [1.54, 1.807) is 25.1 Å². The lowest BCUT2D eigenvalue weighted by atomic mass is 10.1. The van der Waals surface area contributed by atoms with Gasteiger partial charge < -0.3 is 14.8 Å². The molecule has 1 aliphatic heterocycles. The molecule has 0 radical (unpaired) electrons. The van der Waals surface area contributed by atoms with E-state index in [2.05, 4.69) is 5.32 Å². The maximum absolute atomic E-state index is 13.5. The van der Waals surface area contributed by atoms with Gasteiger partial charge >= 0.3 is 6.18 Å². The number of amides is 1. The zero-order chi connectivity index (χ0) is 26.1. The van der Waals surface area contributed by atoms with Gasteiger partial charge in [-0.15, -0.1) is 0 Å². The Morgan fingerprint density at radius 2 is 1.83 bits per heavy atom. The first-order valence-electron chi connectivity index (χ1n) is 10.9. The van der Waals surface area contributed by atoms with Gasteiger partial charge in [0.2, 0.25) is 0 Å². The number of rotatable bonds is 6. The number of fused-ring (bicyclic) bond motifs is 1. The smallest absolute Gasteiger partial charge is 0.416 e. The SMILES string of the molecule is COc1ccc(S(=O)(=O)N2C[C@@H](C(=O)NCc3cccc(C(F)(F)F)c3)Oc3ccc(C)cc32)cc1. The molecule has 3 aromatic carbocycles. The zero-order valence-electron chi connectivity index (χ0n) is 19.4. The van der Waals surface area contributed by atoms with Crippen LogP contribution >= 0.6 is 0 Å². The van der Waals surface area contributed by atoms with Gasteiger partial charge in [-0.3, -0.25) is 9.10 Å². The topological polar surface area (TPSA) is 84.9 Å². The molecule has 36 heavy (non-hydrogen) atoms. The van der Waals surface area contributed by atoms with E-state index in [4.69, 9.17) is 9.47 Å². The van der Waals surface area contributed by atoms with Crippen LogP contribution < -0.4 is 19.1 Å². The number of nitrogens with zero attached hydrogens (tertiary/aromatic N) is 1. The summed E-state index contributed by atoms with van der Waals surface area (Å²) < 4.78 is 78.0. The number of benzene rings is 3. The molecule has 0 bridgehead atoms. The van der Waals surface area contributed by atoms with Crippen molar-refractivity contribution >= 4 is 21.6 Å². The van der Waals surface area contributed by atoms with Gasteiger partial charge in [-0.25, -0.2) is 8.42 Å². The van der Waals surface area contributed by atoms with Crippen LogP contribution in [0.1, 0.15) is 16.7 Å². The number of alkyl halides is 3. The number of methoxy groups -OCH3 is 1. The number of carbonyl (C=O) groups excluding carboxylic acids is 1. The summed E-state index contributed by atoms with van der Waals surface area (Å²) in [6.07, 6.45) is -5.73. The van der Waals surface area contributed by atoms with Crippen LogP contribution in [0, 0.1) is 6.92 Å². The molecule has 1 amide bonds. The predicted molar refractivity (Wildman–Crippen MR) is 126 cm³/mol. The summed E-state index contributed by atoms with van der Waals surface area (Å²) in [5, 5.41) is 2.55. The van der Waals surface area contributed by atoms with E-state index in [9.17, 15) is 26.4 Å². The number of aryl methyl sites for hydroxylation is 1.